The van der Waals surface area contributed by atoms with E-state index in [0.29, 0.717) is 51.5 Å². The molecule has 0 radical (unpaired) electrons. The summed E-state index contributed by atoms with van der Waals surface area (Å²) in [7, 11) is 1.17. The SMILES string of the molecule is CCOC1CCC(n2cc(NC(=O)c3csc(-c4cnn(COC(=O)CC(N)C(=O)O)c4)n3)c(-c3nc(F)ccc3F)n2)CC1.CCOC1CCC(n2cc(NC(=O)c3csc(-c4cnn(COC(=O)CC(N)C(=O)OC)c4)n3)c(-c3nc(F)ccc3F)n2)CC1.CCOC1CCC(n2cc(NC(=O)c3csc(-c4cnn(COC(=O)C[C@@H](N)C(=O)O)c4)n3)c(-c3nc(F)ccc3F)n2)CC1. The Morgan fingerprint density at radius 2 is 0.684 bits per heavy atom. The molecule has 720 valence electrons. The highest BCUT2D eigenvalue weighted by Gasteiger charge is 2.34. The molecule has 15 rings (SSSR count). The molecule has 3 aliphatic carbocycles. The van der Waals surface area contributed by atoms with Crippen LogP contribution in [0.3, 0.4) is 0 Å². The summed E-state index contributed by atoms with van der Waals surface area (Å²) in [4.78, 5) is 133. The molecule has 3 atom stereocenters. The van der Waals surface area contributed by atoms with E-state index in [1.54, 1.807) is 38.8 Å². The van der Waals surface area contributed by atoms with Gasteiger partial charge in [-0.1, -0.05) is 0 Å². The van der Waals surface area contributed by atoms with Gasteiger partial charge in [-0.15, -0.1) is 34.0 Å². The molecule has 0 saturated heterocycles. The second kappa shape index (κ2) is 46.4. The van der Waals surface area contributed by atoms with Crippen LogP contribution in [0.2, 0.25) is 0 Å². The first kappa shape index (κ1) is 99.6. The summed E-state index contributed by atoms with van der Waals surface area (Å²) in [6.45, 7) is 6.93. The Balaban J connectivity index is 0.000000173. The number of halogens is 6. The first-order valence-corrected chi connectivity index (χ1v) is 45.3. The van der Waals surface area contributed by atoms with Crippen LogP contribution in [0, 0.1) is 35.3 Å². The van der Waals surface area contributed by atoms with Crippen molar-refractivity contribution in [3.8, 4) is 65.9 Å². The van der Waals surface area contributed by atoms with E-state index in [2.05, 4.69) is 81.2 Å². The van der Waals surface area contributed by atoms with Crippen LogP contribution in [0.5, 0.6) is 0 Å². The Morgan fingerprint density at radius 3 is 0.949 bits per heavy atom. The van der Waals surface area contributed by atoms with Gasteiger partial charge in [0, 0.05) is 89.8 Å². The molecule has 3 aliphatic rings. The third kappa shape index (κ3) is 26.2. The van der Waals surface area contributed by atoms with Crippen LogP contribution in [0.4, 0.5) is 43.4 Å². The van der Waals surface area contributed by atoms with Crippen LogP contribution in [-0.2, 0) is 82.1 Å². The van der Waals surface area contributed by atoms with Gasteiger partial charge in [0.05, 0.1) is 98.5 Å². The summed E-state index contributed by atoms with van der Waals surface area (Å²) in [5, 5.41) is 57.6. The lowest BCUT2D eigenvalue weighted by molar-refractivity contribution is -0.153. The number of hydrogen-bond acceptors (Lipinski definition) is 34. The largest absolute Gasteiger partial charge is 0.480 e. The molecular formula is C85H92F6N24O18S3. The molecule has 0 bridgehead atoms. The number of methoxy groups -OCH3 is 1. The molecule has 3 amide bonds. The second-order valence-corrected chi connectivity index (χ2v) is 33.6. The number of esters is 4. The molecule has 42 nitrogen and oxygen atoms in total. The van der Waals surface area contributed by atoms with E-state index in [4.69, 9.17) is 55.8 Å². The number of aliphatic carboxylic acids is 2. The molecule has 12 heterocycles. The number of carboxylic acid groups (broad SMARTS) is 2. The number of aromatic nitrogens is 18. The topological polar surface area (TPSA) is 557 Å². The quantitative estimate of drug-likeness (QED) is 0.00782. The molecule has 3 fully saturated rings. The van der Waals surface area contributed by atoms with Crippen molar-refractivity contribution < 1.29 is 113 Å². The van der Waals surface area contributed by atoms with Crippen molar-refractivity contribution in [2.24, 2.45) is 17.2 Å². The molecular weight excluding hydrogens is 1860 g/mol. The summed E-state index contributed by atoms with van der Waals surface area (Å²) in [5.74, 6) is -12.5. The average Bonchev–Trinajstić information content (AvgIpc) is 1.65. The Hall–Kier alpha value is -13.8. The Bertz CT molecular complexity index is 5990. The molecule has 12 aromatic rings. The van der Waals surface area contributed by atoms with Crippen molar-refractivity contribution in [3.63, 3.8) is 0 Å². The average molecular weight is 1950 g/mol. The fourth-order valence-corrected chi connectivity index (χ4v) is 17.0. The third-order valence-corrected chi connectivity index (χ3v) is 24.2. The van der Waals surface area contributed by atoms with Gasteiger partial charge in [0.1, 0.15) is 84.4 Å². The van der Waals surface area contributed by atoms with Crippen molar-refractivity contribution in [2.45, 2.75) is 192 Å². The first-order chi connectivity index (χ1) is 65.4. The standard InChI is InChI=1S/C29H32F2N8O6S.2C28H30F2N8O6S/c1-3-44-18-6-4-17(5-7-18)39-13-21(26(37-39)25-19(30)8-9-23(31)36-25)34-27(41)22-14-46-28(35-22)16-11-33-38(12-16)15-45-24(40)10-20(32)29(42)43-2;2*1-2-43-17-5-3-16(4-6-17)38-12-20(25(36-38)24-18(29)7-8-22(30)35-24)33-26(40)21-13-45-27(34-21)15-10-32-37(11-15)14-44-23(39)9-19(31)28(41)42/h8-9,11-14,17-18,20H,3-7,10,15,32H2,1-2H3,(H,34,41);2*7-8,10-13,16-17,19H,2-6,9,14,31H2,1H3,(H,33,40)(H,41,42)/t;16?,17?,19-;/m.1./s1. The molecule has 3 saturated carbocycles. The van der Waals surface area contributed by atoms with E-state index < -0.39 is 120 Å². The zero-order valence-corrected chi connectivity index (χ0v) is 75.6. The predicted octanol–water partition coefficient (Wildman–Crippen LogP) is 10.9. The van der Waals surface area contributed by atoms with Gasteiger partial charge in [-0.3, -0.25) is 57.2 Å². The molecule has 51 heteroatoms. The molecule has 12 aromatic heterocycles. The Morgan fingerprint density at radius 1 is 0.404 bits per heavy atom. The minimum absolute atomic E-state index is 0.00361. The summed E-state index contributed by atoms with van der Waals surface area (Å²) in [6, 6.07) is 1.61. The number of carboxylic acids is 2. The van der Waals surface area contributed by atoms with Crippen LogP contribution in [0.1, 0.15) is 167 Å². The smallest absolute Gasteiger partial charge is 0.323 e. The Kier molecular flexibility index (Phi) is 34.0. The lowest BCUT2D eigenvalue weighted by Crippen LogP contribution is -2.34. The molecule has 0 aliphatic heterocycles. The van der Waals surface area contributed by atoms with Gasteiger partial charge in [-0.2, -0.15) is 43.8 Å². The summed E-state index contributed by atoms with van der Waals surface area (Å²) >= 11 is 3.49. The highest BCUT2D eigenvalue weighted by Crippen LogP contribution is 2.40. The number of ether oxygens (including phenoxy) is 7. The van der Waals surface area contributed by atoms with Crippen LogP contribution in [0.15, 0.2) is 108 Å². The summed E-state index contributed by atoms with van der Waals surface area (Å²) in [6.07, 6.45) is 22.4. The lowest BCUT2D eigenvalue weighted by Gasteiger charge is -2.28. The highest BCUT2D eigenvalue weighted by molar-refractivity contribution is 7.14. The monoisotopic (exact) mass is 1950 g/mol. The Labute approximate surface area is 780 Å². The molecule has 0 spiro atoms. The van der Waals surface area contributed by atoms with Gasteiger partial charge >= 0.3 is 35.8 Å². The van der Waals surface area contributed by atoms with Crippen molar-refractivity contribution in [1.29, 1.82) is 0 Å². The van der Waals surface area contributed by atoms with Crippen LogP contribution >= 0.6 is 34.0 Å². The number of amides is 3. The number of pyridine rings is 3. The van der Waals surface area contributed by atoms with Crippen molar-refractivity contribution in [3.05, 3.63) is 161 Å². The fourth-order valence-electron chi connectivity index (χ4n) is 14.7. The van der Waals surface area contributed by atoms with Gasteiger partial charge in [-0.05, 0) is 134 Å². The van der Waals surface area contributed by atoms with Gasteiger partial charge < -0.3 is 76.5 Å². The van der Waals surface area contributed by atoms with Crippen molar-refractivity contribution >= 4 is 105 Å². The van der Waals surface area contributed by atoms with Crippen LogP contribution < -0.4 is 33.2 Å². The minimum Gasteiger partial charge on any atom is -0.480 e. The summed E-state index contributed by atoms with van der Waals surface area (Å²) < 4.78 is 132. The minimum atomic E-state index is -1.37. The van der Waals surface area contributed by atoms with E-state index >= 15 is 0 Å². The number of rotatable bonds is 36. The molecule has 11 N–H and O–H groups in total. The number of nitrogens with one attached hydrogen (secondary N) is 3. The first-order valence-electron chi connectivity index (χ1n) is 42.6. The number of thiazole rings is 3. The summed E-state index contributed by atoms with van der Waals surface area (Å²) in [5.41, 5.74) is 17.5. The number of hydrogen-bond donors (Lipinski definition) is 8. The van der Waals surface area contributed by atoms with E-state index in [9.17, 15) is 69.5 Å². The number of nitrogens with zero attached hydrogens (tertiary/aromatic N) is 18. The zero-order valence-electron chi connectivity index (χ0n) is 73.1. The van der Waals surface area contributed by atoms with E-state index in [1.165, 1.54) is 79.6 Å². The van der Waals surface area contributed by atoms with E-state index in [0.717, 1.165) is 136 Å². The predicted molar refractivity (Wildman–Crippen MR) is 472 cm³/mol. The van der Waals surface area contributed by atoms with Gasteiger partial charge in [0.25, 0.3) is 17.7 Å². The van der Waals surface area contributed by atoms with Gasteiger partial charge in [0.2, 0.25) is 17.8 Å². The molecule has 2 unspecified atom stereocenters. The maximum Gasteiger partial charge on any atom is 0.323 e. The maximum atomic E-state index is 14.8. The van der Waals surface area contributed by atoms with Crippen LogP contribution in [0.25, 0.3) is 65.9 Å². The van der Waals surface area contributed by atoms with E-state index in [1.807, 2.05) is 20.8 Å². The number of anilines is 3. The van der Waals surface area contributed by atoms with Crippen molar-refractivity contribution in [2.75, 3.05) is 42.9 Å². The normalized spacial score (nSPS) is 17.1. The molecule has 136 heavy (non-hydrogen) atoms. The van der Waals surface area contributed by atoms with Crippen molar-refractivity contribution in [1.82, 2.24) is 88.6 Å². The van der Waals surface area contributed by atoms with E-state index in [-0.39, 0.29) is 131 Å². The number of carbonyl (C=O) groups excluding carboxylic acids is 7. The number of carbonyl (C=O) groups is 9. The zero-order chi connectivity index (χ0) is 97.0. The maximum absolute atomic E-state index is 14.8. The fraction of sp³-hybridized carbons (Fsp3) is 0.400. The lowest BCUT2D eigenvalue weighted by atomic mass is 9.93. The van der Waals surface area contributed by atoms with Gasteiger partial charge in [0.15, 0.2) is 37.6 Å². The third-order valence-electron chi connectivity index (χ3n) is 21.5. The molecule has 0 aromatic carbocycles. The number of nitrogens with two attached hydrogens (primary N) is 3. The van der Waals surface area contributed by atoms with Gasteiger partial charge in [-0.25, -0.2) is 57.1 Å². The van der Waals surface area contributed by atoms with Crippen LogP contribution in [-0.4, -0.2) is 216 Å². The highest BCUT2D eigenvalue weighted by atomic mass is 32.1. The second-order valence-electron chi connectivity index (χ2n) is 31.0.